The highest BCUT2D eigenvalue weighted by atomic mass is 19.1. The predicted molar refractivity (Wildman–Crippen MR) is 57.5 cm³/mol. The van der Waals surface area contributed by atoms with Gasteiger partial charge in [0, 0.05) is 24.5 Å². The van der Waals surface area contributed by atoms with Crippen LogP contribution in [0.4, 0.5) is 4.39 Å². The molecule has 16 heavy (non-hydrogen) atoms. The van der Waals surface area contributed by atoms with Crippen molar-refractivity contribution in [2.24, 2.45) is 0 Å². The molecule has 0 aromatic heterocycles. The topological polar surface area (TPSA) is 38.7 Å². The molecule has 1 heterocycles. The molecular weight excluding hydrogens is 211 g/mol. The highest BCUT2D eigenvalue weighted by Crippen LogP contribution is 2.39. The minimum Gasteiger partial charge on any atom is -0.489 e. The quantitative estimate of drug-likeness (QED) is 0.839. The lowest BCUT2D eigenvalue weighted by atomic mass is 10.0. The van der Waals surface area contributed by atoms with Crippen LogP contribution >= 0.6 is 0 Å². The largest absolute Gasteiger partial charge is 0.489 e. The number of hydrogen-bond acceptors (Lipinski definition) is 3. The van der Waals surface area contributed by atoms with Gasteiger partial charge in [-0.2, -0.15) is 0 Å². The third kappa shape index (κ3) is 1.97. The zero-order valence-corrected chi connectivity index (χ0v) is 9.20. The van der Waals surface area contributed by atoms with Crippen molar-refractivity contribution in [1.29, 1.82) is 0 Å². The molecule has 88 valence electrons. The summed E-state index contributed by atoms with van der Waals surface area (Å²) in [7, 11) is 0. The van der Waals surface area contributed by atoms with Crippen molar-refractivity contribution in [2.45, 2.75) is 19.3 Å². The van der Waals surface area contributed by atoms with Crippen LogP contribution in [0.1, 0.15) is 24.8 Å². The van der Waals surface area contributed by atoms with Gasteiger partial charge >= 0.3 is 0 Å². The smallest absolute Gasteiger partial charge is 0.197 e. The Hall–Kier alpha value is -1.29. The fourth-order valence-corrected chi connectivity index (χ4v) is 1.73. The number of halogens is 1. The van der Waals surface area contributed by atoms with E-state index in [1.54, 1.807) is 6.07 Å². The van der Waals surface area contributed by atoms with Crippen molar-refractivity contribution in [3.8, 4) is 11.5 Å². The minimum absolute atomic E-state index is 0.00142. The van der Waals surface area contributed by atoms with Crippen molar-refractivity contribution in [3.63, 3.8) is 0 Å². The molecule has 0 aliphatic carbocycles. The molecule has 1 N–H and O–H groups in total. The number of aliphatic hydroxyl groups is 1. The number of ether oxygens (including phenoxy) is 2. The first-order chi connectivity index (χ1) is 7.74. The third-order valence-electron chi connectivity index (χ3n) is 2.68. The van der Waals surface area contributed by atoms with E-state index in [1.807, 2.05) is 6.92 Å². The summed E-state index contributed by atoms with van der Waals surface area (Å²) < 4.78 is 24.4. The maximum Gasteiger partial charge on any atom is 0.197 e. The Bertz CT molecular complexity index is 379. The zero-order chi connectivity index (χ0) is 11.5. The van der Waals surface area contributed by atoms with E-state index < -0.39 is 5.82 Å². The summed E-state index contributed by atoms with van der Waals surface area (Å²) in [6, 6.07) is 3.00. The predicted octanol–water partition coefficient (Wildman–Crippen LogP) is 2.08. The highest BCUT2D eigenvalue weighted by molar-refractivity contribution is 5.49. The molecule has 0 radical (unpaired) electrons. The van der Waals surface area contributed by atoms with Crippen LogP contribution in [0.15, 0.2) is 12.1 Å². The third-order valence-corrected chi connectivity index (χ3v) is 2.68. The van der Waals surface area contributed by atoms with Crippen molar-refractivity contribution < 1.29 is 19.0 Å². The van der Waals surface area contributed by atoms with Gasteiger partial charge in [0.1, 0.15) is 0 Å². The Morgan fingerprint density at radius 1 is 1.31 bits per heavy atom. The van der Waals surface area contributed by atoms with Gasteiger partial charge in [0.05, 0.1) is 13.2 Å². The number of aliphatic hydroxyl groups excluding tert-OH is 1. The second-order valence-electron chi connectivity index (χ2n) is 3.93. The maximum atomic E-state index is 13.5. The summed E-state index contributed by atoms with van der Waals surface area (Å²) in [5.74, 6) is 0.121. The Balaban J connectivity index is 2.47. The fourth-order valence-electron chi connectivity index (χ4n) is 1.73. The lowest BCUT2D eigenvalue weighted by Gasteiger charge is -2.16. The van der Waals surface area contributed by atoms with Gasteiger partial charge in [-0.1, -0.05) is 13.0 Å². The van der Waals surface area contributed by atoms with E-state index in [0.29, 0.717) is 19.0 Å². The van der Waals surface area contributed by atoms with Gasteiger partial charge in [-0.05, 0) is 6.07 Å². The Morgan fingerprint density at radius 3 is 2.69 bits per heavy atom. The summed E-state index contributed by atoms with van der Waals surface area (Å²) in [6.07, 6.45) is 0.737. The van der Waals surface area contributed by atoms with Gasteiger partial charge in [-0.3, -0.25) is 0 Å². The van der Waals surface area contributed by atoms with E-state index in [-0.39, 0.29) is 18.3 Å². The molecule has 1 aromatic rings. The maximum absolute atomic E-state index is 13.5. The summed E-state index contributed by atoms with van der Waals surface area (Å²) in [5, 5.41) is 9.14. The number of fused-ring (bicyclic) bond motifs is 1. The summed E-state index contributed by atoms with van der Waals surface area (Å²) >= 11 is 0. The number of benzene rings is 1. The van der Waals surface area contributed by atoms with Crippen LogP contribution in [0.2, 0.25) is 0 Å². The van der Waals surface area contributed by atoms with E-state index in [4.69, 9.17) is 14.6 Å². The standard InChI is InChI=1S/C12H15FO3/c1-8(7-14)9-3-4-10(13)12-11(9)15-5-2-6-16-12/h3-4,8,14H,2,5-7H2,1H3. The van der Waals surface area contributed by atoms with E-state index in [9.17, 15) is 4.39 Å². The number of rotatable bonds is 2. The van der Waals surface area contributed by atoms with E-state index >= 15 is 0 Å². The molecule has 1 atom stereocenters. The molecule has 0 spiro atoms. The van der Waals surface area contributed by atoms with Crippen LogP contribution < -0.4 is 9.47 Å². The van der Waals surface area contributed by atoms with Crippen LogP contribution in [0, 0.1) is 5.82 Å². The Labute approximate surface area is 93.8 Å². The zero-order valence-electron chi connectivity index (χ0n) is 9.20. The van der Waals surface area contributed by atoms with E-state index in [2.05, 4.69) is 0 Å². The Kier molecular flexibility index (Phi) is 3.29. The molecule has 0 fully saturated rings. The molecule has 0 amide bonds. The Morgan fingerprint density at radius 2 is 2.00 bits per heavy atom. The molecule has 1 unspecified atom stereocenters. The van der Waals surface area contributed by atoms with Crippen LogP contribution in [0.5, 0.6) is 11.5 Å². The van der Waals surface area contributed by atoms with Crippen molar-refractivity contribution >= 4 is 0 Å². The first-order valence-corrected chi connectivity index (χ1v) is 5.43. The molecule has 0 saturated carbocycles. The summed E-state index contributed by atoms with van der Waals surface area (Å²) in [6.45, 7) is 2.84. The monoisotopic (exact) mass is 226 g/mol. The first kappa shape index (κ1) is 11.2. The van der Waals surface area contributed by atoms with Crippen LogP contribution in [0.25, 0.3) is 0 Å². The average Bonchev–Trinajstić information content (AvgIpc) is 2.55. The molecule has 0 saturated heterocycles. The van der Waals surface area contributed by atoms with Crippen LogP contribution in [0.3, 0.4) is 0 Å². The summed E-state index contributed by atoms with van der Waals surface area (Å²) in [4.78, 5) is 0. The van der Waals surface area contributed by atoms with Gasteiger partial charge in [0.25, 0.3) is 0 Å². The minimum atomic E-state index is -0.411. The van der Waals surface area contributed by atoms with Crippen molar-refractivity contribution in [1.82, 2.24) is 0 Å². The van der Waals surface area contributed by atoms with E-state index in [1.165, 1.54) is 6.07 Å². The lowest BCUT2D eigenvalue weighted by molar-refractivity contribution is 0.265. The average molecular weight is 226 g/mol. The van der Waals surface area contributed by atoms with Gasteiger partial charge in [0.2, 0.25) is 0 Å². The molecule has 1 aliphatic rings. The molecule has 3 nitrogen and oxygen atoms in total. The molecule has 1 aliphatic heterocycles. The molecular formula is C12H15FO3. The fraction of sp³-hybridized carbons (Fsp3) is 0.500. The van der Waals surface area contributed by atoms with Crippen molar-refractivity contribution in [3.05, 3.63) is 23.5 Å². The molecule has 1 aromatic carbocycles. The normalized spacial score (nSPS) is 16.7. The second-order valence-corrected chi connectivity index (χ2v) is 3.93. The van der Waals surface area contributed by atoms with Crippen molar-refractivity contribution in [2.75, 3.05) is 19.8 Å². The van der Waals surface area contributed by atoms with Crippen LogP contribution in [-0.2, 0) is 0 Å². The van der Waals surface area contributed by atoms with Gasteiger partial charge in [-0.15, -0.1) is 0 Å². The van der Waals surface area contributed by atoms with Gasteiger partial charge in [0.15, 0.2) is 17.3 Å². The van der Waals surface area contributed by atoms with E-state index in [0.717, 1.165) is 12.0 Å². The van der Waals surface area contributed by atoms with Crippen LogP contribution in [-0.4, -0.2) is 24.9 Å². The molecule has 4 heteroatoms. The molecule has 0 bridgehead atoms. The SMILES string of the molecule is CC(CO)c1ccc(F)c2c1OCCCO2. The van der Waals surface area contributed by atoms with Gasteiger partial charge < -0.3 is 14.6 Å². The highest BCUT2D eigenvalue weighted by Gasteiger charge is 2.21. The second kappa shape index (κ2) is 4.70. The summed E-state index contributed by atoms with van der Waals surface area (Å²) in [5.41, 5.74) is 0.792. The van der Waals surface area contributed by atoms with Gasteiger partial charge in [-0.25, -0.2) is 4.39 Å². The lowest BCUT2D eigenvalue weighted by Crippen LogP contribution is -2.04. The first-order valence-electron chi connectivity index (χ1n) is 5.43. The number of hydrogen-bond donors (Lipinski definition) is 1. The molecule has 2 rings (SSSR count).